The van der Waals surface area contributed by atoms with Gasteiger partial charge in [-0.25, -0.2) is 4.39 Å². The Morgan fingerprint density at radius 1 is 1.22 bits per heavy atom. The molecule has 0 saturated carbocycles. The van der Waals surface area contributed by atoms with Crippen molar-refractivity contribution in [1.29, 1.82) is 0 Å². The topological polar surface area (TPSA) is 24.9 Å². The molecule has 0 aliphatic carbocycles. The smallest absolute Gasteiger partial charge is 0.137 e. The Bertz CT molecular complexity index is 502. The molecule has 2 rings (SSSR count). The van der Waals surface area contributed by atoms with Crippen molar-refractivity contribution in [2.45, 2.75) is 23.3 Å². The zero-order valence-electron chi connectivity index (χ0n) is 10.2. The molecule has 1 aromatic carbocycles. The van der Waals surface area contributed by atoms with E-state index in [1.54, 1.807) is 18.5 Å². The first kappa shape index (κ1) is 13.1. The van der Waals surface area contributed by atoms with Crippen molar-refractivity contribution in [1.82, 2.24) is 10.3 Å². The van der Waals surface area contributed by atoms with Crippen LogP contribution in [0.1, 0.15) is 12.5 Å². The Balaban J connectivity index is 2.10. The molecule has 2 aromatic rings. The van der Waals surface area contributed by atoms with Crippen LogP contribution in [-0.2, 0) is 6.54 Å². The van der Waals surface area contributed by atoms with Crippen LogP contribution in [0.4, 0.5) is 4.39 Å². The van der Waals surface area contributed by atoms with E-state index in [0.717, 1.165) is 17.0 Å². The van der Waals surface area contributed by atoms with Crippen LogP contribution in [0.2, 0.25) is 0 Å². The fourth-order valence-corrected chi connectivity index (χ4v) is 2.34. The van der Waals surface area contributed by atoms with Gasteiger partial charge in [-0.05, 0) is 36.4 Å². The van der Waals surface area contributed by atoms with Crippen LogP contribution in [0.5, 0.6) is 0 Å². The summed E-state index contributed by atoms with van der Waals surface area (Å²) < 4.78 is 13.9. The van der Waals surface area contributed by atoms with E-state index in [-0.39, 0.29) is 5.82 Å². The first-order valence-electron chi connectivity index (χ1n) is 5.86. The predicted octanol–water partition coefficient (Wildman–Crippen LogP) is 3.48. The van der Waals surface area contributed by atoms with E-state index in [2.05, 4.69) is 10.3 Å². The molecule has 2 nitrogen and oxygen atoms in total. The molecule has 0 radical (unpaired) electrons. The maximum absolute atomic E-state index is 13.9. The van der Waals surface area contributed by atoms with Crippen molar-refractivity contribution in [2.24, 2.45) is 0 Å². The molecule has 0 saturated heterocycles. The molecule has 0 aliphatic rings. The third-order valence-electron chi connectivity index (χ3n) is 2.45. The van der Waals surface area contributed by atoms with Crippen LogP contribution in [0.25, 0.3) is 0 Å². The van der Waals surface area contributed by atoms with Crippen molar-refractivity contribution in [3.05, 3.63) is 54.1 Å². The maximum Gasteiger partial charge on any atom is 0.137 e. The predicted molar refractivity (Wildman–Crippen MR) is 72.1 cm³/mol. The summed E-state index contributed by atoms with van der Waals surface area (Å²) in [6.45, 7) is 3.62. The third kappa shape index (κ3) is 3.55. The third-order valence-corrected chi connectivity index (χ3v) is 3.51. The van der Waals surface area contributed by atoms with E-state index in [1.807, 2.05) is 31.2 Å². The van der Waals surface area contributed by atoms with Gasteiger partial charge in [0.1, 0.15) is 5.82 Å². The molecule has 0 bridgehead atoms. The van der Waals surface area contributed by atoms with E-state index in [0.29, 0.717) is 11.4 Å². The van der Waals surface area contributed by atoms with Gasteiger partial charge in [0.2, 0.25) is 0 Å². The average Bonchev–Trinajstić information content (AvgIpc) is 2.40. The Morgan fingerprint density at radius 2 is 2.00 bits per heavy atom. The van der Waals surface area contributed by atoms with Crippen molar-refractivity contribution < 1.29 is 4.39 Å². The lowest BCUT2D eigenvalue weighted by molar-refractivity contribution is 0.596. The molecule has 0 atom stereocenters. The van der Waals surface area contributed by atoms with Crippen LogP contribution in [0.3, 0.4) is 0 Å². The Hall–Kier alpha value is -1.39. The summed E-state index contributed by atoms with van der Waals surface area (Å²) in [4.78, 5) is 5.57. The highest BCUT2D eigenvalue weighted by molar-refractivity contribution is 7.99. The number of benzene rings is 1. The first-order chi connectivity index (χ1) is 8.79. The van der Waals surface area contributed by atoms with Crippen LogP contribution in [-0.4, -0.2) is 11.5 Å². The fraction of sp³-hybridized carbons (Fsp3) is 0.214. The summed E-state index contributed by atoms with van der Waals surface area (Å²) in [5.41, 5.74) is 0.966. The van der Waals surface area contributed by atoms with Gasteiger partial charge in [0.15, 0.2) is 0 Å². The fourth-order valence-electron chi connectivity index (χ4n) is 1.54. The molecule has 1 N–H and O–H groups in total. The molecular formula is C14H15FN2S. The maximum atomic E-state index is 13.9. The Morgan fingerprint density at radius 3 is 2.67 bits per heavy atom. The van der Waals surface area contributed by atoms with Gasteiger partial charge < -0.3 is 5.32 Å². The number of hydrogen-bond acceptors (Lipinski definition) is 3. The van der Waals surface area contributed by atoms with Crippen LogP contribution in [0.15, 0.2) is 52.5 Å². The second-order valence-corrected chi connectivity index (χ2v) is 4.95. The van der Waals surface area contributed by atoms with Crippen molar-refractivity contribution >= 4 is 11.8 Å². The van der Waals surface area contributed by atoms with Gasteiger partial charge in [0.25, 0.3) is 0 Å². The first-order valence-corrected chi connectivity index (χ1v) is 6.68. The van der Waals surface area contributed by atoms with Gasteiger partial charge >= 0.3 is 0 Å². The van der Waals surface area contributed by atoms with Gasteiger partial charge in [0, 0.05) is 28.7 Å². The molecule has 4 heteroatoms. The minimum atomic E-state index is -0.174. The Kier molecular flexibility index (Phi) is 4.73. The molecule has 0 spiro atoms. The van der Waals surface area contributed by atoms with Gasteiger partial charge in [0.05, 0.1) is 0 Å². The molecule has 0 aliphatic heterocycles. The lowest BCUT2D eigenvalue weighted by atomic mass is 10.2. The molecule has 94 valence electrons. The molecule has 0 amide bonds. The number of halogens is 1. The van der Waals surface area contributed by atoms with Crippen molar-refractivity contribution in [3.8, 4) is 0 Å². The summed E-state index contributed by atoms with van der Waals surface area (Å²) in [6.07, 6.45) is 3.42. The van der Waals surface area contributed by atoms with E-state index < -0.39 is 0 Å². The van der Waals surface area contributed by atoms with Gasteiger partial charge in [-0.3, -0.25) is 4.98 Å². The largest absolute Gasteiger partial charge is 0.313 e. The highest BCUT2D eigenvalue weighted by Crippen LogP contribution is 2.29. The quantitative estimate of drug-likeness (QED) is 0.893. The van der Waals surface area contributed by atoms with E-state index in [1.165, 1.54) is 11.8 Å². The van der Waals surface area contributed by atoms with E-state index in [4.69, 9.17) is 0 Å². The van der Waals surface area contributed by atoms with E-state index in [9.17, 15) is 4.39 Å². The van der Waals surface area contributed by atoms with Crippen molar-refractivity contribution in [2.75, 3.05) is 6.54 Å². The average molecular weight is 262 g/mol. The number of nitrogens with one attached hydrogen (secondary N) is 1. The lowest BCUT2D eigenvalue weighted by Crippen LogP contribution is -2.11. The molecule has 1 heterocycles. The molecule has 0 fully saturated rings. The van der Waals surface area contributed by atoms with Gasteiger partial charge in [-0.15, -0.1) is 0 Å². The SMILES string of the molecule is CCNCc1ccc(Sc2ccncc2)c(F)c1. The zero-order valence-corrected chi connectivity index (χ0v) is 11.0. The summed E-state index contributed by atoms with van der Waals surface area (Å²) in [5.74, 6) is -0.174. The minimum absolute atomic E-state index is 0.174. The summed E-state index contributed by atoms with van der Waals surface area (Å²) in [5, 5.41) is 3.18. The molecule has 1 aromatic heterocycles. The van der Waals surface area contributed by atoms with Crippen LogP contribution < -0.4 is 5.32 Å². The van der Waals surface area contributed by atoms with Gasteiger partial charge in [-0.1, -0.05) is 24.8 Å². The van der Waals surface area contributed by atoms with Gasteiger partial charge in [-0.2, -0.15) is 0 Å². The van der Waals surface area contributed by atoms with Crippen molar-refractivity contribution in [3.63, 3.8) is 0 Å². The minimum Gasteiger partial charge on any atom is -0.313 e. The monoisotopic (exact) mass is 262 g/mol. The number of nitrogens with zero attached hydrogens (tertiary/aromatic N) is 1. The standard InChI is InChI=1S/C14H15FN2S/c1-2-16-10-11-3-4-14(13(15)9-11)18-12-5-7-17-8-6-12/h3-9,16H,2,10H2,1H3. The molecule has 0 unspecified atom stereocenters. The zero-order chi connectivity index (χ0) is 12.8. The summed E-state index contributed by atoms with van der Waals surface area (Å²) in [6, 6.07) is 9.11. The molecular weight excluding hydrogens is 247 g/mol. The highest BCUT2D eigenvalue weighted by atomic mass is 32.2. The number of rotatable bonds is 5. The summed E-state index contributed by atoms with van der Waals surface area (Å²) in [7, 11) is 0. The highest BCUT2D eigenvalue weighted by Gasteiger charge is 2.05. The number of pyridine rings is 1. The van der Waals surface area contributed by atoms with Crippen LogP contribution in [0, 0.1) is 5.82 Å². The summed E-state index contributed by atoms with van der Waals surface area (Å²) >= 11 is 1.41. The van der Waals surface area contributed by atoms with Crippen LogP contribution >= 0.6 is 11.8 Å². The number of hydrogen-bond donors (Lipinski definition) is 1. The Labute approximate surface area is 111 Å². The lowest BCUT2D eigenvalue weighted by Gasteiger charge is -2.06. The molecule has 18 heavy (non-hydrogen) atoms. The normalized spacial score (nSPS) is 10.6. The number of aromatic nitrogens is 1. The van der Waals surface area contributed by atoms with E-state index >= 15 is 0 Å². The second-order valence-electron chi connectivity index (χ2n) is 3.83. The second kappa shape index (κ2) is 6.52.